The standard InChI is InChI=1S/C28H33N3O4/c1-28(2,31-18-26(34)23-11-12-25(33)24(15-23)30-19-32)16-22-10-6-9-21(13-22)14-27(35)29-17-20-7-4-3-5-8-20/h3-13,15,19,26,31,33-34H,14,16-18H2,1-2H3,(H,29,35)(H,30,32)/t26-/m1/s1. The second kappa shape index (κ2) is 12.1. The largest absolute Gasteiger partial charge is 0.506 e. The highest BCUT2D eigenvalue weighted by Gasteiger charge is 2.20. The molecule has 0 saturated heterocycles. The second-order valence-corrected chi connectivity index (χ2v) is 9.26. The first kappa shape index (κ1) is 25.9. The molecule has 0 aliphatic heterocycles. The number of hydrogen-bond acceptors (Lipinski definition) is 5. The zero-order chi connectivity index (χ0) is 25.3. The van der Waals surface area contributed by atoms with Gasteiger partial charge in [0.1, 0.15) is 5.75 Å². The number of hydrogen-bond donors (Lipinski definition) is 5. The number of aliphatic hydroxyl groups is 1. The number of anilines is 1. The fourth-order valence-corrected chi connectivity index (χ4v) is 3.90. The smallest absolute Gasteiger partial charge is 0.224 e. The lowest BCUT2D eigenvalue weighted by Crippen LogP contribution is -2.43. The summed E-state index contributed by atoms with van der Waals surface area (Å²) in [5.41, 5.74) is 3.61. The fourth-order valence-electron chi connectivity index (χ4n) is 3.90. The first-order valence-electron chi connectivity index (χ1n) is 11.6. The number of rotatable bonds is 12. The number of amides is 2. The molecule has 0 fully saturated rings. The highest BCUT2D eigenvalue weighted by Crippen LogP contribution is 2.27. The van der Waals surface area contributed by atoms with Gasteiger partial charge in [0.05, 0.1) is 18.2 Å². The van der Waals surface area contributed by atoms with E-state index in [1.807, 2.05) is 54.6 Å². The predicted molar refractivity (Wildman–Crippen MR) is 137 cm³/mol. The molecule has 0 heterocycles. The zero-order valence-electron chi connectivity index (χ0n) is 20.1. The molecule has 0 radical (unpaired) electrons. The van der Waals surface area contributed by atoms with Gasteiger partial charge in [-0.3, -0.25) is 9.59 Å². The van der Waals surface area contributed by atoms with Gasteiger partial charge in [-0.2, -0.15) is 0 Å². The van der Waals surface area contributed by atoms with E-state index in [0.29, 0.717) is 37.9 Å². The Balaban J connectivity index is 1.53. The van der Waals surface area contributed by atoms with Gasteiger partial charge < -0.3 is 26.2 Å². The Morgan fingerprint density at radius 3 is 2.43 bits per heavy atom. The molecule has 7 nitrogen and oxygen atoms in total. The monoisotopic (exact) mass is 475 g/mol. The van der Waals surface area contributed by atoms with Crippen molar-refractivity contribution < 1.29 is 19.8 Å². The van der Waals surface area contributed by atoms with Crippen LogP contribution in [0.1, 0.15) is 42.2 Å². The van der Waals surface area contributed by atoms with E-state index in [0.717, 1.165) is 16.7 Å². The molecule has 184 valence electrons. The second-order valence-electron chi connectivity index (χ2n) is 9.26. The normalized spacial score (nSPS) is 12.1. The molecule has 0 spiro atoms. The van der Waals surface area contributed by atoms with Gasteiger partial charge in [0.25, 0.3) is 0 Å². The maximum Gasteiger partial charge on any atom is 0.224 e. The molecule has 0 saturated carbocycles. The SMILES string of the molecule is CC(C)(Cc1cccc(CC(=O)NCc2ccccc2)c1)NC[C@@H](O)c1ccc(O)c(NC=O)c1. The summed E-state index contributed by atoms with van der Waals surface area (Å²) >= 11 is 0. The highest BCUT2D eigenvalue weighted by molar-refractivity contribution is 5.78. The van der Waals surface area contributed by atoms with Gasteiger partial charge in [-0.05, 0) is 54.7 Å². The average molecular weight is 476 g/mol. The number of nitrogens with one attached hydrogen (secondary N) is 3. The van der Waals surface area contributed by atoms with Crippen LogP contribution in [0.25, 0.3) is 0 Å². The number of carbonyl (C=O) groups is 2. The summed E-state index contributed by atoms with van der Waals surface area (Å²) in [6, 6.07) is 22.4. The molecular formula is C28H33N3O4. The van der Waals surface area contributed by atoms with E-state index in [1.165, 1.54) is 6.07 Å². The number of phenolic OH excluding ortho intramolecular Hbond substituents is 1. The van der Waals surface area contributed by atoms with Gasteiger partial charge >= 0.3 is 0 Å². The summed E-state index contributed by atoms with van der Waals surface area (Å²) in [5.74, 6) is -0.0844. The van der Waals surface area contributed by atoms with Crippen LogP contribution in [-0.4, -0.2) is 34.6 Å². The predicted octanol–water partition coefficient (Wildman–Crippen LogP) is 3.46. The molecule has 0 aromatic heterocycles. The van der Waals surface area contributed by atoms with Crippen molar-refractivity contribution in [3.8, 4) is 5.75 Å². The third kappa shape index (κ3) is 8.24. The Morgan fingerprint density at radius 2 is 1.69 bits per heavy atom. The first-order valence-corrected chi connectivity index (χ1v) is 11.6. The maximum absolute atomic E-state index is 12.4. The van der Waals surface area contributed by atoms with E-state index in [1.54, 1.807) is 12.1 Å². The van der Waals surface area contributed by atoms with Crippen LogP contribution in [0.3, 0.4) is 0 Å². The minimum absolute atomic E-state index is 0.0242. The maximum atomic E-state index is 12.4. The molecule has 0 aliphatic rings. The van der Waals surface area contributed by atoms with Gasteiger partial charge in [0, 0.05) is 18.6 Å². The van der Waals surface area contributed by atoms with Crippen LogP contribution in [-0.2, 0) is 29.0 Å². The number of phenols is 1. The van der Waals surface area contributed by atoms with Crippen LogP contribution >= 0.6 is 0 Å². The molecule has 3 aromatic rings. The van der Waals surface area contributed by atoms with Crippen LogP contribution in [0, 0.1) is 0 Å². The van der Waals surface area contributed by atoms with E-state index in [9.17, 15) is 19.8 Å². The number of benzene rings is 3. The Labute approximate surface area is 206 Å². The molecule has 0 bridgehead atoms. The lowest BCUT2D eigenvalue weighted by molar-refractivity contribution is -0.120. The lowest BCUT2D eigenvalue weighted by atomic mass is 9.93. The summed E-state index contributed by atoms with van der Waals surface area (Å²) in [4.78, 5) is 23.1. The summed E-state index contributed by atoms with van der Waals surface area (Å²) < 4.78 is 0. The summed E-state index contributed by atoms with van der Waals surface area (Å²) in [6.07, 6.45) is 0.674. The van der Waals surface area contributed by atoms with Crippen molar-refractivity contribution in [1.29, 1.82) is 0 Å². The highest BCUT2D eigenvalue weighted by atomic mass is 16.3. The fraction of sp³-hybridized carbons (Fsp3) is 0.286. The Bertz CT molecular complexity index is 1130. The molecule has 0 unspecified atom stereocenters. The molecule has 35 heavy (non-hydrogen) atoms. The number of aromatic hydroxyl groups is 1. The molecule has 3 rings (SSSR count). The molecule has 2 amide bonds. The van der Waals surface area contributed by atoms with Gasteiger partial charge in [-0.25, -0.2) is 0 Å². The van der Waals surface area contributed by atoms with Crippen LogP contribution in [0.5, 0.6) is 5.75 Å². The minimum atomic E-state index is -0.818. The number of β-amino-alcohol motifs (C(OH)–C–C–N with tert-alkyl or cyclic N) is 1. The van der Waals surface area contributed by atoms with Crippen LogP contribution < -0.4 is 16.0 Å². The van der Waals surface area contributed by atoms with E-state index in [2.05, 4.69) is 29.8 Å². The van der Waals surface area contributed by atoms with Gasteiger partial charge in [-0.1, -0.05) is 60.7 Å². The van der Waals surface area contributed by atoms with Crippen LogP contribution in [0.4, 0.5) is 5.69 Å². The molecular weight excluding hydrogens is 442 g/mol. The first-order chi connectivity index (χ1) is 16.8. The van der Waals surface area contributed by atoms with E-state index < -0.39 is 6.10 Å². The summed E-state index contributed by atoms with van der Waals surface area (Å²) in [7, 11) is 0. The van der Waals surface area contributed by atoms with Crippen molar-refractivity contribution in [3.63, 3.8) is 0 Å². The van der Waals surface area contributed by atoms with Crippen molar-refractivity contribution in [2.45, 2.75) is 44.9 Å². The molecule has 1 atom stereocenters. The minimum Gasteiger partial charge on any atom is -0.506 e. The summed E-state index contributed by atoms with van der Waals surface area (Å²) in [5, 5.41) is 29.2. The topological polar surface area (TPSA) is 111 Å². The van der Waals surface area contributed by atoms with Gasteiger partial charge in [-0.15, -0.1) is 0 Å². The average Bonchev–Trinajstić information content (AvgIpc) is 2.83. The van der Waals surface area contributed by atoms with Crippen LogP contribution in [0.2, 0.25) is 0 Å². The van der Waals surface area contributed by atoms with Crippen molar-refractivity contribution in [2.24, 2.45) is 0 Å². The van der Waals surface area contributed by atoms with Gasteiger partial charge in [0.2, 0.25) is 12.3 Å². The molecule has 7 heteroatoms. The Morgan fingerprint density at radius 1 is 0.971 bits per heavy atom. The number of carbonyl (C=O) groups excluding carboxylic acids is 2. The van der Waals surface area contributed by atoms with E-state index in [-0.39, 0.29) is 22.9 Å². The van der Waals surface area contributed by atoms with E-state index >= 15 is 0 Å². The van der Waals surface area contributed by atoms with Crippen LogP contribution in [0.15, 0.2) is 72.8 Å². The molecule has 0 aliphatic carbocycles. The van der Waals surface area contributed by atoms with Gasteiger partial charge in [0.15, 0.2) is 0 Å². The lowest BCUT2D eigenvalue weighted by Gasteiger charge is -2.28. The molecule has 5 N–H and O–H groups in total. The third-order valence-electron chi connectivity index (χ3n) is 5.73. The van der Waals surface area contributed by atoms with Crippen molar-refractivity contribution >= 4 is 18.0 Å². The Hall–Kier alpha value is -3.68. The molecule has 3 aromatic carbocycles. The van der Waals surface area contributed by atoms with Crippen molar-refractivity contribution in [3.05, 3.63) is 95.1 Å². The van der Waals surface area contributed by atoms with Crippen molar-refractivity contribution in [1.82, 2.24) is 10.6 Å². The third-order valence-corrected chi connectivity index (χ3v) is 5.73. The van der Waals surface area contributed by atoms with E-state index in [4.69, 9.17) is 0 Å². The van der Waals surface area contributed by atoms with Crippen molar-refractivity contribution in [2.75, 3.05) is 11.9 Å². The summed E-state index contributed by atoms with van der Waals surface area (Å²) in [6.45, 7) is 4.90. The number of aliphatic hydroxyl groups excluding tert-OH is 1. The Kier molecular flexibility index (Phi) is 9.00. The zero-order valence-corrected chi connectivity index (χ0v) is 20.1. The quantitative estimate of drug-likeness (QED) is 0.204.